The maximum atomic E-state index is 13.4. The van der Waals surface area contributed by atoms with E-state index in [1.807, 2.05) is 36.7 Å². The van der Waals surface area contributed by atoms with E-state index in [1.165, 1.54) is 0 Å². The van der Waals surface area contributed by atoms with Crippen LogP contribution in [0.15, 0.2) is 48.7 Å². The van der Waals surface area contributed by atoms with E-state index in [-0.39, 0.29) is 5.91 Å². The minimum Gasteiger partial charge on any atom is -0.336 e. The number of benzene rings is 2. The molecule has 0 unspecified atom stereocenters. The average Bonchev–Trinajstić information content (AvgIpc) is 3.11. The van der Waals surface area contributed by atoms with E-state index in [4.69, 9.17) is 23.2 Å². The fraction of sp³-hybridized carbons (Fsp3) is 0.217. The molecule has 0 atom stereocenters. The van der Waals surface area contributed by atoms with Gasteiger partial charge < -0.3 is 4.90 Å². The van der Waals surface area contributed by atoms with Crippen LogP contribution in [0.2, 0.25) is 10.0 Å². The number of aryl methyl sites for hydroxylation is 1. The molecule has 0 saturated heterocycles. The fourth-order valence-corrected chi connectivity index (χ4v) is 3.88. The summed E-state index contributed by atoms with van der Waals surface area (Å²) in [6, 6.07) is 12.5. The summed E-state index contributed by atoms with van der Waals surface area (Å²) in [6.07, 6.45) is 1.80. The number of fused-ring (bicyclic) bond motifs is 1. The summed E-state index contributed by atoms with van der Waals surface area (Å²) < 4.78 is 1.91. The van der Waals surface area contributed by atoms with Gasteiger partial charge in [0.25, 0.3) is 5.91 Å². The average molecular weight is 454 g/mol. The number of rotatable bonds is 5. The second-order valence-corrected chi connectivity index (χ2v) is 8.11. The van der Waals surface area contributed by atoms with E-state index >= 15 is 0 Å². The van der Waals surface area contributed by atoms with Gasteiger partial charge in [0.1, 0.15) is 5.69 Å². The topological polar surface area (TPSA) is 63.9 Å². The third kappa shape index (κ3) is 4.13. The molecular weight excluding hydrogens is 433 g/mol. The maximum Gasteiger partial charge on any atom is 0.273 e. The summed E-state index contributed by atoms with van der Waals surface area (Å²) in [5.74, 6) is 0.166. The summed E-state index contributed by atoms with van der Waals surface area (Å²) in [5, 5.41) is 6.05. The SMILES string of the molecule is CCn1ncc(CN(C)C(=O)c2nc(-c3ccccc3Cl)nc3cc(Cl)ccc23)c1C. The van der Waals surface area contributed by atoms with Crippen molar-refractivity contribution in [3.63, 3.8) is 0 Å². The third-order valence-corrected chi connectivity index (χ3v) is 5.80. The standard InChI is InChI=1S/C23H21Cl2N5O/c1-4-30-14(2)15(12-26-30)13-29(3)23(31)21-18-10-9-16(24)11-20(18)27-22(28-21)17-7-5-6-8-19(17)25/h5-12H,4,13H2,1-3H3. The lowest BCUT2D eigenvalue weighted by molar-refractivity contribution is 0.0781. The molecule has 0 aliphatic rings. The molecule has 4 rings (SSSR count). The van der Waals surface area contributed by atoms with Crippen molar-refractivity contribution in [1.82, 2.24) is 24.6 Å². The molecule has 8 heteroatoms. The van der Waals surface area contributed by atoms with E-state index < -0.39 is 0 Å². The summed E-state index contributed by atoms with van der Waals surface area (Å²) in [5.41, 5.74) is 3.58. The quantitative estimate of drug-likeness (QED) is 0.405. The van der Waals surface area contributed by atoms with Crippen molar-refractivity contribution in [2.45, 2.75) is 26.9 Å². The highest BCUT2D eigenvalue weighted by molar-refractivity contribution is 6.33. The zero-order valence-corrected chi connectivity index (χ0v) is 18.9. The molecule has 1 amide bonds. The predicted octanol–water partition coefficient (Wildman–Crippen LogP) is 5.40. The molecule has 4 aromatic rings. The van der Waals surface area contributed by atoms with Crippen molar-refractivity contribution in [2.75, 3.05) is 7.05 Å². The second kappa shape index (κ2) is 8.65. The fourth-order valence-electron chi connectivity index (χ4n) is 3.50. The minimum atomic E-state index is -0.216. The van der Waals surface area contributed by atoms with Crippen LogP contribution in [0.4, 0.5) is 0 Å². The van der Waals surface area contributed by atoms with Crippen molar-refractivity contribution in [2.24, 2.45) is 0 Å². The number of aromatic nitrogens is 4. The van der Waals surface area contributed by atoms with Crippen LogP contribution < -0.4 is 0 Å². The first kappa shape index (κ1) is 21.3. The van der Waals surface area contributed by atoms with Gasteiger partial charge in [0.05, 0.1) is 16.7 Å². The summed E-state index contributed by atoms with van der Waals surface area (Å²) >= 11 is 12.6. The Morgan fingerprint density at radius 2 is 1.90 bits per heavy atom. The van der Waals surface area contributed by atoms with Gasteiger partial charge in [0.15, 0.2) is 5.82 Å². The number of nitrogens with zero attached hydrogens (tertiary/aromatic N) is 5. The Hall–Kier alpha value is -2.96. The normalized spacial score (nSPS) is 11.1. The first-order valence-corrected chi connectivity index (χ1v) is 10.6. The molecule has 2 aromatic carbocycles. The number of hydrogen-bond donors (Lipinski definition) is 0. The Morgan fingerprint density at radius 3 is 2.61 bits per heavy atom. The first-order chi connectivity index (χ1) is 14.9. The monoisotopic (exact) mass is 453 g/mol. The van der Waals surface area contributed by atoms with E-state index in [2.05, 4.69) is 15.1 Å². The van der Waals surface area contributed by atoms with Crippen LogP contribution in [0, 0.1) is 6.92 Å². The molecule has 2 aromatic heterocycles. The lowest BCUT2D eigenvalue weighted by Gasteiger charge is -2.18. The number of halogens is 2. The maximum absolute atomic E-state index is 13.4. The van der Waals surface area contributed by atoms with Crippen molar-refractivity contribution >= 4 is 40.0 Å². The Morgan fingerprint density at radius 1 is 1.13 bits per heavy atom. The van der Waals surface area contributed by atoms with Crippen LogP contribution in [-0.4, -0.2) is 37.6 Å². The molecule has 158 valence electrons. The predicted molar refractivity (Wildman–Crippen MR) is 123 cm³/mol. The van der Waals surface area contributed by atoms with Crippen LogP contribution >= 0.6 is 23.2 Å². The Bertz CT molecular complexity index is 1280. The third-order valence-electron chi connectivity index (χ3n) is 5.23. The molecule has 0 radical (unpaired) electrons. The van der Waals surface area contributed by atoms with E-state index in [0.29, 0.717) is 44.6 Å². The molecule has 0 fully saturated rings. The van der Waals surface area contributed by atoms with Gasteiger partial charge in [0, 0.05) is 47.4 Å². The smallest absolute Gasteiger partial charge is 0.273 e. The van der Waals surface area contributed by atoms with Gasteiger partial charge >= 0.3 is 0 Å². The summed E-state index contributed by atoms with van der Waals surface area (Å²) in [4.78, 5) is 24.3. The van der Waals surface area contributed by atoms with Crippen LogP contribution in [0.25, 0.3) is 22.3 Å². The van der Waals surface area contributed by atoms with Crippen LogP contribution in [0.5, 0.6) is 0 Å². The van der Waals surface area contributed by atoms with Gasteiger partial charge in [0.2, 0.25) is 0 Å². The second-order valence-electron chi connectivity index (χ2n) is 7.27. The molecule has 0 bridgehead atoms. The molecule has 6 nitrogen and oxygen atoms in total. The molecule has 0 aliphatic heterocycles. The van der Waals surface area contributed by atoms with Crippen LogP contribution in [0.3, 0.4) is 0 Å². The zero-order chi connectivity index (χ0) is 22.1. The van der Waals surface area contributed by atoms with Gasteiger partial charge in [-0.15, -0.1) is 0 Å². The Kier molecular flexibility index (Phi) is 5.94. The minimum absolute atomic E-state index is 0.216. The van der Waals surface area contributed by atoms with E-state index in [9.17, 15) is 4.79 Å². The van der Waals surface area contributed by atoms with Gasteiger partial charge in [-0.3, -0.25) is 9.48 Å². The van der Waals surface area contributed by atoms with Crippen molar-refractivity contribution in [3.05, 3.63) is 75.7 Å². The summed E-state index contributed by atoms with van der Waals surface area (Å²) in [6.45, 7) is 5.24. The van der Waals surface area contributed by atoms with Gasteiger partial charge in [-0.1, -0.05) is 35.3 Å². The number of amides is 1. The largest absolute Gasteiger partial charge is 0.336 e. The number of hydrogen-bond acceptors (Lipinski definition) is 4. The lowest BCUT2D eigenvalue weighted by Crippen LogP contribution is -2.27. The first-order valence-electron chi connectivity index (χ1n) is 9.88. The molecule has 31 heavy (non-hydrogen) atoms. The Balaban J connectivity index is 1.78. The highest BCUT2D eigenvalue weighted by Crippen LogP contribution is 2.29. The summed E-state index contributed by atoms with van der Waals surface area (Å²) in [7, 11) is 1.75. The Labute approximate surface area is 190 Å². The van der Waals surface area contributed by atoms with E-state index in [0.717, 1.165) is 17.8 Å². The lowest BCUT2D eigenvalue weighted by atomic mass is 10.1. The number of carbonyl (C=O) groups excluding carboxylic acids is 1. The van der Waals surface area contributed by atoms with E-state index in [1.54, 1.807) is 42.4 Å². The highest BCUT2D eigenvalue weighted by atomic mass is 35.5. The molecule has 0 spiro atoms. The van der Waals surface area contributed by atoms with Crippen LogP contribution in [0.1, 0.15) is 28.7 Å². The molecule has 0 saturated carbocycles. The van der Waals surface area contributed by atoms with Gasteiger partial charge in [-0.05, 0) is 44.2 Å². The molecule has 2 heterocycles. The van der Waals surface area contributed by atoms with Crippen LogP contribution in [-0.2, 0) is 13.1 Å². The van der Waals surface area contributed by atoms with Crippen molar-refractivity contribution in [1.29, 1.82) is 0 Å². The number of carbonyl (C=O) groups is 1. The zero-order valence-electron chi connectivity index (χ0n) is 17.4. The molecule has 0 N–H and O–H groups in total. The van der Waals surface area contributed by atoms with Crippen molar-refractivity contribution < 1.29 is 4.79 Å². The molecular formula is C23H21Cl2N5O. The highest BCUT2D eigenvalue weighted by Gasteiger charge is 2.21. The van der Waals surface area contributed by atoms with Gasteiger partial charge in [-0.25, -0.2) is 9.97 Å². The molecule has 0 aliphatic carbocycles. The van der Waals surface area contributed by atoms with Crippen molar-refractivity contribution in [3.8, 4) is 11.4 Å². The van der Waals surface area contributed by atoms with Gasteiger partial charge in [-0.2, -0.15) is 5.10 Å².